The number of hydrogen-bond donors (Lipinski definition) is 0. The van der Waals surface area contributed by atoms with E-state index in [9.17, 15) is 9.59 Å². The van der Waals surface area contributed by atoms with E-state index < -0.39 is 0 Å². The summed E-state index contributed by atoms with van der Waals surface area (Å²) in [4.78, 5) is 32.6. The Morgan fingerprint density at radius 1 is 1.15 bits per heavy atom. The molecule has 0 radical (unpaired) electrons. The molecule has 9 heteroatoms. The van der Waals surface area contributed by atoms with Crippen LogP contribution >= 0.6 is 34.7 Å². The van der Waals surface area contributed by atoms with Crippen LogP contribution in [0.15, 0.2) is 65.3 Å². The zero-order valence-corrected chi connectivity index (χ0v) is 19.8. The molecule has 3 aromatic rings. The van der Waals surface area contributed by atoms with E-state index in [4.69, 9.17) is 21.1 Å². The fourth-order valence-corrected chi connectivity index (χ4v) is 5.31. The highest BCUT2D eigenvalue weighted by atomic mass is 35.5. The quantitative estimate of drug-likeness (QED) is 0.330. The average molecular weight is 497 g/mol. The lowest BCUT2D eigenvalue weighted by atomic mass is 10.1. The summed E-state index contributed by atoms with van der Waals surface area (Å²) in [5.41, 5.74) is 2.82. The first-order chi connectivity index (χ1) is 16.0. The number of thiophene rings is 1. The van der Waals surface area contributed by atoms with Gasteiger partial charge in [0.25, 0.3) is 5.91 Å². The molecule has 33 heavy (non-hydrogen) atoms. The van der Waals surface area contributed by atoms with Crippen LogP contribution in [0.1, 0.15) is 20.8 Å². The van der Waals surface area contributed by atoms with Crippen LogP contribution in [0.5, 0.6) is 11.5 Å². The van der Waals surface area contributed by atoms with Crippen molar-refractivity contribution in [3.05, 3.63) is 80.6 Å². The SMILES string of the molecule is Cc1ccc(N2C(=O)/C(=C\c3ccc4c(c3)OCO4)N=C2SCC(=O)c2ccc(Cl)s2)cc1. The second-order valence-electron chi connectivity index (χ2n) is 7.33. The van der Waals surface area contributed by atoms with Crippen molar-refractivity contribution in [1.29, 1.82) is 0 Å². The van der Waals surface area contributed by atoms with Crippen molar-refractivity contribution in [2.24, 2.45) is 4.99 Å². The van der Waals surface area contributed by atoms with Gasteiger partial charge in [-0.25, -0.2) is 4.99 Å². The van der Waals surface area contributed by atoms with Gasteiger partial charge in [-0.15, -0.1) is 11.3 Å². The van der Waals surface area contributed by atoms with Crippen LogP contribution in [0.4, 0.5) is 5.69 Å². The number of nitrogens with zero attached hydrogens (tertiary/aromatic N) is 2. The van der Waals surface area contributed by atoms with Crippen molar-refractivity contribution in [2.75, 3.05) is 17.4 Å². The fraction of sp³-hybridized carbons (Fsp3) is 0.125. The molecule has 0 atom stereocenters. The standard InChI is InChI=1S/C24H17ClN2O4S2/c1-14-2-5-16(6-3-14)27-23(29)17(10-15-4-7-19-20(11-15)31-13-30-19)26-24(27)32-12-18(28)21-8-9-22(25)33-21/h2-11H,12-13H2,1H3/b17-10+. The molecular weight excluding hydrogens is 480 g/mol. The first-order valence-electron chi connectivity index (χ1n) is 10.0. The van der Waals surface area contributed by atoms with E-state index in [1.54, 1.807) is 24.3 Å². The number of halogens is 1. The third-order valence-electron chi connectivity index (χ3n) is 5.00. The number of hydrogen-bond acceptors (Lipinski definition) is 7. The van der Waals surface area contributed by atoms with Crippen molar-refractivity contribution in [2.45, 2.75) is 6.92 Å². The third kappa shape index (κ3) is 4.55. The summed E-state index contributed by atoms with van der Waals surface area (Å²) in [5, 5.41) is 0.451. The molecule has 2 aromatic carbocycles. The van der Waals surface area contributed by atoms with Crippen molar-refractivity contribution in [1.82, 2.24) is 0 Å². The lowest BCUT2D eigenvalue weighted by Crippen LogP contribution is -2.30. The Labute approximate surface area is 203 Å². The number of ether oxygens (including phenoxy) is 2. The lowest BCUT2D eigenvalue weighted by molar-refractivity contribution is -0.113. The minimum Gasteiger partial charge on any atom is -0.454 e. The van der Waals surface area contributed by atoms with Crippen molar-refractivity contribution in [3.8, 4) is 11.5 Å². The van der Waals surface area contributed by atoms with Gasteiger partial charge in [-0.3, -0.25) is 14.5 Å². The van der Waals surface area contributed by atoms with Gasteiger partial charge in [0, 0.05) is 0 Å². The Balaban J connectivity index is 1.44. The van der Waals surface area contributed by atoms with E-state index in [1.807, 2.05) is 43.3 Å². The molecule has 5 rings (SSSR count). The third-order valence-corrected chi connectivity index (χ3v) is 7.21. The number of benzene rings is 2. The molecule has 6 nitrogen and oxygen atoms in total. The number of ketones is 1. The summed E-state index contributed by atoms with van der Waals surface area (Å²) in [6.45, 7) is 2.16. The number of fused-ring (bicyclic) bond motifs is 1. The predicted octanol–water partition coefficient (Wildman–Crippen LogP) is 5.80. The second kappa shape index (κ2) is 9.05. The zero-order chi connectivity index (χ0) is 22.9. The van der Waals surface area contributed by atoms with Crippen LogP contribution < -0.4 is 14.4 Å². The van der Waals surface area contributed by atoms with Crippen LogP contribution in [-0.2, 0) is 4.79 Å². The van der Waals surface area contributed by atoms with E-state index in [-0.39, 0.29) is 29.9 Å². The largest absolute Gasteiger partial charge is 0.454 e. The fourth-order valence-electron chi connectivity index (χ4n) is 3.34. The summed E-state index contributed by atoms with van der Waals surface area (Å²) in [6, 6.07) is 16.5. The Morgan fingerprint density at radius 3 is 2.70 bits per heavy atom. The highest BCUT2D eigenvalue weighted by Crippen LogP contribution is 2.35. The van der Waals surface area contributed by atoms with E-state index in [1.165, 1.54) is 28.0 Å². The van der Waals surface area contributed by atoms with Gasteiger partial charge in [0.15, 0.2) is 22.4 Å². The van der Waals surface area contributed by atoms with E-state index in [0.29, 0.717) is 31.6 Å². The van der Waals surface area contributed by atoms with Crippen molar-refractivity contribution in [3.63, 3.8) is 0 Å². The van der Waals surface area contributed by atoms with Crippen LogP contribution in [0, 0.1) is 6.92 Å². The first kappa shape index (κ1) is 21.8. The molecule has 0 fully saturated rings. The summed E-state index contributed by atoms with van der Waals surface area (Å²) in [5.74, 6) is 1.12. The van der Waals surface area contributed by atoms with Gasteiger partial charge < -0.3 is 9.47 Å². The minimum absolute atomic E-state index is 0.0656. The molecule has 0 N–H and O–H groups in total. The maximum absolute atomic E-state index is 13.3. The monoisotopic (exact) mass is 496 g/mol. The number of carbonyl (C=O) groups is 2. The molecule has 2 aliphatic heterocycles. The first-order valence-corrected chi connectivity index (χ1v) is 12.2. The van der Waals surface area contributed by atoms with Crippen molar-refractivity contribution < 1.29 is 19.1 Å². The van der Waals surface area contributed by atoms with Crippen LogP contribution in [0.25, 0.3) is 6.08 Å². The molecule has 0 unspecified atom stereocenters. The molecule has 3 heterocycles. The molecule has 1 amide bonds. The number of aliphatic imine (C=N–C) groups is 1. The number of carbonyl (C=O) groups excluding carboxylic acids is 2. The Bertz CT molecular complexity index is 1310. The van der Waals surface area contributed by atoms with Crippen LogP contribution in [0.2, 0.25) is 4.34 Å². The maximum atomic E-state index is 13.3. The molecule has 166 valence electrons. The maximum Gasteiger partial charge on any atom is 0.283 e. The molecule has 0 saturated carbocycles. The van der Waals surface area contributed by atoms with E-state index in [2.05, 4.69) is 4.99 Å². The normalized spacial score (nSPS) is 15.9. The average Bonchev–Trinajstić information content (AvgIpc) is 3.52. The number of amidine groups is 1. The van der Waals surface area contributed by atoms with E-state index >= 15 is 0 Å². The van der Waals surface area contributed by atoms with Crippen molar-refractivity contribution >= 4 is 63.3 Å². The summed E-state index contributed by atoms with van der Waals surface area (Å²) < 4.78 is 11.3. The number of amides is 1. The van der Waals surface area contributed by atoms with Crippen LogP contribution in [-0.4, -0.2) is 29.4 Å². The number of aryl methyl sites for hydroxylation is 1. The van der Waals surface area contributed by atoms with Gasteiger partial charge >= 0.3 is 0 Å². The van der Waals surface area contributed by atoms with E-state index in [0.717, 1.165) is 11.1 Å². The molecule has 0 saturated heterocycles. The Hall–Kier alpha value is -3.07. The summed E-state index contributed by atoms with van der Waals surface area (Å²) >= 11 is 8.42. The lowest BCUT2D eigenvalue weighted by Gasteiger charge is -2.17. The summed E-state index contributed by atoms with van der Waals surface area (Å²) in [7, 11) is 0. The molecule has 2 aliphatic rings. The molecule has 1 aromatic heterocycles. The number of anilines is 1. The highest BCUT2D eigenvalue weighted by molar-refractivity contribution is 8.14. The minimum atomic E-state index is -0.259. The van der Waals surface area contributed by atoms with Gasteiger partial charge in [-0.2, -0.15) is 0 Å². The molecule has 0 aliphatic carbocycles. The Kier molecular flexibility index (Phi) is 5.97. The zero-order valence-electron chi connectivity index (χ0n) is 17.4. The van der Waals surface area contributed by atoms with Gasteiger partial charge in [-0.1, -0.05) is 47.1 Å². The molecule has 0 spiro atoms. The van der Waals surface area contributed by atoms with Gasteiger partial charge in [0.05, 0.1) is 20.7 Å². The van der Waals surface area contributed by atoms with Crippen LogP contribution in [0.3, 0.4) is 0 Å². The number of Topliss-reactive ketones (excluding diaryl/α,β-unsaturated/α-hetero) is 1. The summed E-state index contributed by atoms with van der Waals surface area (Å²) in [6.07, 6.45) is 1.71. The topological polar surface area (TPSA) is 68.2 Å². The highest BCUT2D eigenvalue weighted by Gasteiger charge is 2.32. The smallest absolute Gasteiger partial charge is 0.283 e. The predicted molar refractivity (Wildman–Crippen MR) is 133 cm³/mol. The second-order valence-corrected chi connectivity index (χ2v) is 9.99. The molecule has 0 bridgehead atoms. The van der Waals surface area contributed by atoms with Gasteiger partial charge in [-0.05, 0) is 55.0 Å². The molecular formula is C24H17ClN2O4S2. The number of thioether (sulfide) groups is 1. The van der Waals surface area contributed by atoms with Gasteiger partial charge in [0.2, 0.25) is 6.79 Å². The van der Waals surface area contributed by atoms with Gasteiger partial charge in [0.1, 0.15) is 5.70 Å². The number of rotatable bonds is 5. The Morgan fingerprint density at radius 2 is 1.94 bits per heavy atom.